The fraction of sp³-hybridized carbons (Fsp3) is 0.300. The van der Waals surface area contributed by atoms with Gasteiger partial charge in [-0.1, -0.05) is 15.9 Å². The Hall–Kier alpha value is 0.0900. The van der Waals surface area contributed by atoms with Gasteiger partial charge in [-0.25, -0.2) is 0 Å². The molecule has 1 aromatic rings. The van der Waals surface area contributed by atoms with Gasteiger partial charge in [0.25, 0.3) is 0 Å². The van der Waals surface area contributed by atoms with Crippen LogP contribution < -0.4 is 5.32 Å². The summed E-state index contributed by atoms with van der Waals surface area (Å²) in [6.45, 7) is 2.43. The van der Waals surface area contributed by atoms with E-state index >= 15 is 0 Å². The molecule has 1 aromatic carbocycles. The van der Waals surface area contributed by atoms with Crippen molar-refractivity contribution in [1.82, 2.24) is 0 Å². The number of hydrogen-bond acceptors (Lipinski definition) is 2. The summed E-state index contributed by atoms with van der Waals surface area (Å²) in [5, 5.41) is 2.76. The summed E-state index contributed by atoms with van der Waals surface area (Å²) in [6, 6.07) is 3.72. The van der Waals surface area contributed by atoms with Crippen molar-refractivity contribution in [3.8, 4) is 0 Å². The molecule has 1 rings (SSSR count). The van der Waals surface area contributed by atoms with E-state index in [2.05, 4.69) is 53.1 Å². The number of ether oxygens (including phenoxy) is 1. The summed E-state index contributed by atoms with van der Waals surface area (Å²) in [6.07, 6.45) is 0. The Morgan fingerprint density at radius 2 is 1.88 bits per heavy atom. The van der Waals surface area contributed by atoms with E-state index in [1.54, 1.807) is 0 Å². The number of carbonyl (C=O) groups is 1. The summed E-state index contributed by atoms with van der Waals surface area (Å²) < 4.78 is 7.55. The molecule has 0 saturated carbocycles. The molecule has 0 aliphatic rings. The van der Waals surface area contributed by atoms with E-state index in [4.69, 9.17) is 4.74 Å². The predicted molar refractivity (Wildman–Crippen MR) is 74.7 cm³/mol. The normalized spacial score (nSPS) is 10.2. The van der Waals surface area contributed by atoms with Crippen LogP contribution >= 0.6 is 47.8 Å². The molecular formula is C10H10Br3NO2. The molecule has 0 unspecified atom stereocenters. The van der Waals surface area contributed by atoms with Gasteiger partial charge in [-0.2, -0.15) is 0 Å². The lowest BCUT2D eigenvalue weighted by Crippen LogP contribution is -2.18. The number of halogens is 3. The smallest absolute Gasteiger partial charge is 0.250 e. The van der Waals surface area contributed by atoms with Crippen LogP contribution in [0.1, 0.15) is 6.92 Å². The van der Waals surface area contributed by atoms with Gasteiger partial charge in [-0.15, -0.1) is 0 Å². The Balaban J connectivity index is 2.77. The Morgan fingerprint density at radius 3 is 2.38 bits per heavy atom. The minimum Gasteiger partial charge on any atom is -0.372 e. The summed E-state index contributed by atoms with van der Waals surface area (Å²) in [7, 11) is 0. The van der Waals surface area contributed by atoms with Crippen LogP contribution in [-0.2, 0) is 9.53 Å². The standard InChI is InChI=1S/C10H10Br3NO2/c1-2-16-5-9(15)14-10-7(12)3-6(11)4-8(10)13/h3-4H,2,5H2,1H3,(H,14,15). The van der Waals surface area contributed by atoms with Crippen molar-refractivity contribution in [3.05, 3.63) is 25.6 Å². The quantitative estimate of drug-likeness (QED) is 0.808. The van der Waals surface area contributed by atoms with E-state index in [1.165, 1.54) is 0 Å². The molecule has 0 spiro atoms. The zero-order valence-corrected chi connectivity index (χ0v) is 13.3. The number of carbonyl (C=O) groups excluding carboxylic acids is 1. The maximum Gasteiger partial charge on any atom is 0.250 e. The zero-order chi connectivity index (χ0) is 12.1. The van der Waals surface area contributed by atoms with Crippen molar-refractivity contribution in [3.63, 3.8) is 0 Å². The molecule has 0 saturated heterocycles. The van der Waals surface area contributed by atoms with Gasteiger partial charge in [-0.05, 0) is 50.9 Å². The van der Waals surface area contributed by atoms with Crippen molar-refractivity contribution in [1.29, 1.82) is 0 Å². The molecule has 0 bridgehead atoms. The maximum atomic E-state index is 11.5. The average Bonchev–Trinajstić information content (AvgIpc) is 2.20. The first-order valence-corrected chi connectivity index (χ1v) is 6.94. The average molecular weight is 416 g/mol. The molecular weight excluding hydrogens is 406 g/mol. The maximum absolute atomic E-state index is 11.5. The summed E-state index contributed by atoms with van der Waals surface area (Å²) >= 11 is 10.1. The molecule has 6 heteroatoms. The monoisotopic (exact) mass is 413 g/mol. The highest BCUT2D eigenvalue weighted by Crippen LogP contribution is 2.34. The fourth-order valence-corrected chi connectivity index (χ4v) is 3.49. The molecule has 0 aliphatic carbocycles. The van der Waals surface area contributed by atoms with Crippen LogP contribution in [-0.4, -0.2) is 19.1 Å². The highest BCUT2D eigenvalue weighted by molar-refractivity contribution is 9.11. The first-order chi connectivity index (χ1) is 7.54. The van der Waals surface area contributed by atoms with Gasteiger partial charge in [0, 0.05) is 20.0 Å². The molecule has 1 N–H and O–H groups in total. The molecule has 1 amide bonds. The number of amides is 1. The predicted octanol–water partition coefficient (Wildman–Crippen LogP) is 3.95. The van der Waals surface area contributed by atoms with E-state index in [1.807, 2.05) is 19.1 Å². The minimum atomic E-state index is -0.175. The fourth-order valence-electron chi connectivity index (χ4n) is 1.03. The largest absolute Gasteiger partial charge is 0.372 e. The molecule has 0 heterocycles. The van der Waals surface area contributed by atoms with Crippen LogP contribution in [0.25, 0.3) is 0 Å². The molecule has 0 fully saturated rings. The second-order valence-corrected chi connectivity index (χ2v) is 5.55. The van der Waals surface area contributed by atoms with Crippen molar-refractivity contribution < 1.29 is 9.53 Å². The SMILES string of the molecule is CCOCC(=O)Nc1c(Br)cc(Br)cc1Br. The first-order valence-electron chi connectivity index (χ1n) is 4.56. The lowest BCUT2D eigenvalue weighted by atomic mass is 10.3. The van der Waals surface area contributed by atoms with Gasteiger partial charge in [0.2, 0.25) is 5.91 Å². The van der Waals surface area contributed by atoms with Crippen LogP contribution in [0, 0.1) is 0 Å². The van der Waals surface area contributed by atoms with E-state index < -0.39 is 0 Å². The van der Waals surface area contributed by atoms with Gasteiger partial charge in [0.15, 0.2) is 0 Å². The lowest BCUT2D eigenvalue weighted by molar-refractivity contribution is -0.120. The first kappa shape index (κ1) is 14.2. The summed E-state index contributed by atoms with van der Waals surface area (Å²) in [5.41, 5.74) is 0.702. The van der Waals surface area contributed by atoms with Crippen LogP contribution in [0.5, 0.6) is 0 Å². The molecule has 0 aliphatic heterocycles. The van der Waals surface area contributed by atoms with Crippen molar-refractivity contribution >= 4 is 59.4 Å². The number of rotatable bonds is 4. The summed E-state index contributed by atoms with van der Waals surface area (Å²) in [4.78, 5) is 11.5. The third-order valence-electron chi connectivity index (χ3n) is 1.71. The lowest BCUT2D eigenvalue weighted by Gasteiger charge is -2.10. The Morgan fingerprint density at radius 1 is 1.31 bits per heavy atom. The topological polar surface area (TPSA) is 38.3 Å². The van der Waals surface area contributed by atoms with Crippen molar-refractivity contribution in [2.75, 3.05) is 18.5 Å². The minimum absolute atomic E-state index is 0.0610. The number of anilines is 1. The highest BCUT2D eigenvalue weighted by atomic mass is 79.9. The number of nitrogens with one attached hydrogen (secondary N) is 1. The van der Waals surface area contributed by atoms with Gasteiger partial charge in [-0.3, -0.25) is 4.79 Å². The van der Waals surface area contributed by atoms with Crippen molar-refractivity contribution in [2.24, 2.45) is 0 Å². The van der Waals surface area contributed by atoms with E-state index in [-0.39, 0.29) is 12.5 Å². The summed E-state index contributed by atoms with van der Waals surface area (Å²) in [5.74, 6) is -0.175. The van der Waals surface area contributed by atoms with Crippen LogP contribution in [0.3, 0.4) is 0 Å². The van der Waals surface area contributed by atoms with E-state index in [0.29, 0.717) is 12.3 Å². The van der Waals surface area contributed by atoms with Gasteiger partial charge in [0.1, 0.15) is 6.61 Å². The molecule has 16 heavy (non-hydrogen) atoms. The highest BCUT2D eigenvalue weighted by Gasteiger charge is 2.10. The second-order valence-electron chi connectivity index (χ2n) is 2.93. The zero-order valence-electron chi connectivity index (χ0n) is 8.52. The van der Waals surface area contributed by atoms with Gasteiger partial charge >= 0.3 is 0 Å². The second kappa shape index (κ2) is 6.74. The molecule has 0 atom stereocenters. The third kappa shape index (κ3) is 4.16. The van der Waals surface area contributed by atoms with Crippen LogP contribution in [0.2, 0.25) is 0 Å². The Kier molecular flexibility index (Phi) is 5.96. The van der Waals surface area contributed by atoms with E-state index in [9.17, 15) is 4.79 Å². The number of benzene rings is 1. The Labute approximate surface area is 119 Å². The van der Waals surface area contributed by atoms with E-state index in [0.717, 1.165) is 13.4 Å². The molecule has 88 valence electrons. The molecule has 3 nitrogen and oxygen atoms in total. The van der Waals surface area contributed by atoms with Crippen LogP contribution in [0.15, 0.2) is 25.6 Å². The van der Waals surface area contributed by atoms with Crippen LogP contribution in [0.4, 0.5) is 5.69 Å². The van der Waals surface area contributed by atoms with Gasteiger partial charge < -0.3 is 10.1 Å². The third-order valence-corrected chi connectivity index (χ3v) is 3.42. The molecule has 0 radical (unpaired) electrons. The number of hydrogen-bond donors (Lipinski definition) is 1. The Bertz CT molecular complexity index is 373. The van der Waals surface area contributed by atoms with Crippen molar-refractivity contribution in [2.45, 2.75) is 6.92 Å². The molecule has 0 aromatic heterocycles. The van der Waals surface area contributed by atoms with Gasteiger partial charge in [0.05, 0.1) is 5.69 Å².